The maximum atomic E-state index is 13.0. The summed E-state index contributed by atoms with van der Waals surface area (Å²) in [6.45, 7) is -0.00895. The standard InChI is InChI=1S/C9H11FN2O2/c10-7-3-1-2-4-8(7)12-9(14)11-5-6-13/h1-4,13H,5-6H2,(H2,11,12,14). The number of amides is 2. The third-order valence-electron chi connectivity index (χ3n) is 1.52. The lowest BCUT2D eigenvalue weighted by molar-refractivity contribution is 0.244. The van der Waals surface area contributed by atoms with Crippen LogP contribution < -0.4 is 10.6 Å². The van der Waals surface area contributed by atoms with E-state index in [2.05, 4.69) is 10.6 Å². The first-order valence-electron chi connectivity index (χ1n) is 4.14. The monoisotopic (exact) mass is 198 g/mol. The SMILES string of the molecule is O=C(NCCO)Nc1ccccc1F. The van der Waals surface area contributed by atoms with Crippen molar-refractivity contribution in [1.29, 1.82) is 0 Å². The fourth-order valence-corrected chi connectivity index (χ4v) is 0.899. The number of nitrogens with one attached hydrogen (secondary N) is 2. The maximum absolute atomic E-state index is 13.0. The Morgan fingerprint density at radius 2 is 2.14 bits per heavy atom. The van der Waals surface area contributed by atoms with Crippen LogP contribution in [0.4, 0.5) is 14.9 Å². The van der Waals surface area contributed by atoms with E-state index in [-0.39, 0.29) is 18.8 Å². The van der Waals surface area contributed by atoms with Crippen LogP contribution in [-0.4, -0.2) is 24.3 Å². The van der Waals surface area contributed by atoms with Crippen LogP contribution in [0.5, 0.6) is 0 Å². The van der Waals surface area contributed by atoms with E-state index in [4.69, 9.17) is 5.11 Å². The van der Waals surface area contributed by atoms with Gasteiger partial charge in [0, 0.05) is 6.54 Å². The Bertz CT molecular complexity index is 317. The smallest absolute Gasteiger partial charge is 0.319 e. The fraction of sp³-hybridized carbons (Fsp3) is 0.222. The summed E-state index contributed by atoms with van der Waals surface area (Å²) in [5.41, 5.74) is 0.114. The van der Waals surface area contributed by atoms with Crippen molar-refractivity contribution in [3.05, 3.63) is 30.1 Å². The highest BCUT2D eigenvalue weighted by Gasteiger charge is 2.03. The summed E-state index contributed by atoms with van der Waals surface area (Å²) >= 11 is 0. The Balaban J connectivity index is 2.52. The number of rotatable bonds is 3. The molecule has 76 valence electrons. The number of hydrogen-bond acceptors (Lipinski definition) is 2. The average molecular weight is 198 g/mol. The van der Waals surface area contributed by atoms with E-state index in [1.807, 2.05) is 0 Å². The van der Waals surface area contributed by atoms with E-state index in [1.54, 1.807) is 6.07 Å². The molecule has 0 saturated heterocycles. The first kappa shape index (κ1) is 10.5. The van der Waals surface area contributed by atoms with Gasteiger partial charge in [0.2, 0.25) is 0 Å². The van der Waals surface area contributed by atoms with Crippen molar-refractivity contribution >= 4 is 11.7 Å². The molecule has 0 aromatic heterocycles. The molecule has 0 aliphatic heterocycles. The van der Waals surface area contributed by atoms with Crippen molar-refractivity contribution in [3.63, 3.8) is 0 Å². The summed E-state index contributed by atoms with van der Waals surface area (Å²) in [5, 5.41) is 13.1. The molecule has 0 atom stereocenters. The van der Waals surface area contributed by atoms with E-state index in [0.29, 0.717) is 0 Å². The van der Waals surface area contributed by atoms with Gasteiger partial charge in [-0.05, 0) is 12.1 Å². The van der Waals surface area contributed by atoms with Gasteiger partial charge in [0.15, 0.2) is 0 Å². The molecule has 3 N–H and O–H groups in total. The zero-order chi connectivity index (χ0) is 10.4. The Kier molecular flexibility index (Phi) is 3.87. The number of hydrogen-bond donors (Lipinski definition) is 3. The highest BCUT2D eigenvalue weighted by Crippen LogP contribution is 2.11. The van der Waals surface area contributed by atoms with Gasteiger partial charge in [0.05, 0.1) is 12.3 Å². The van der Waals surface area contributed by atoms with E-state index >= 15 is 0 Å². The largest absolute Gasteiger partial charge is 0.395 e. The predicted molar refractivity (Wildman–Crippen MR) is 50.5 cm³/mol. The normalized spacial score (nSPS) is 9.57. The van der Waals surface area contributed by atoms with Crippen LogP contribution in [0.15, 0.2) is 24.3 Å². The van der Waals surface area contributed by atoms with Crippen molar-refractivity contribution in [1.82, 2.24) is 5.32 Å². The van der Waals surface area contributed by atoms with Crippen LogP contribution in [0.1, 0.15) is 0 Å². The van der Waals surface area contributed by atoms with Crippen LogP contribution in [0.3, 0.4) is 0 Å². The first-order chi connectivity index (χ1) is 6.74. The molecule has 1 rings (SSSR count). The van der Waals surface area contributed by atoms with Crippen LogP contribution in [0.2, 0.25) is 0 Å². The highest BCUT2D eigenvalue weighted by atomic mass is 19.1. The summed E-state index contributed by atoms with van der Waals surface area (Å²) in [6.07, 6.45) is 0. The minimum absolute atomic E-state index is 0.114. The summed E-state index contributed by atoms with van der Waals surface area (Å²) in [6, 6.07) is 5.32. The number of halogens is 1. The molecule has 0 fully saturated rings. The second-order valence-electron chi connectivity index (χ2n) is 2.58. The number of aliphatic hydroxyl groups is 1. The molecule has 0 unspecified atom stereocenters. The van der Waals surface area contributed by atoms with Gasteiger partial charge in [-0.1, -0.05) is 12.1 Å². The summed E-state index contributed by atoms with van der Waals surface area (Å²) in [5.74, 6) is -0.494. The molecule has 0 heterocycles. The summed E-state index contributed by atoms with van der Waals surface area (Å²) < 4.78 is 13.0. The van der Waals surface area contributed by atoms with Gasteiger partial charge >= 0.3 is 6.03 Å². The number of urea groups is 1. The molecule has 2 amide bonds. The molecular formula is C9H11FN2O2. The van der Waals surface area contributed by atoms with Gasteiger partial charge < -0.3 is 15.7 Å². The Morgan fingerprint density at radius 1 is 1.43 bits per heavy atom. The van der Waals surface area contributed by atoms with E-state index in [1.165, 1.54) is 18.2 Å². The quantitative estimate of drug-likeness (QED) is 0.676. The average Bonchev–Trinajstić information content (AvgIpc) is 2.18. The lowest BCUT2D eigenvalue weighted by atomic mass is 10.3. The number of carbonyl (C=O) groups excluding carboxylic acids is 1. The van der Waals surface area contributed by atoms with Gasteiger partial charge in [0.1, 0.15) is 5.82 Å². The van der Waals surface area contributed by atoms with E-state index in [9.17, 15) is 9.18 Å². The molecule has 0 aliphatic rings. The highest BCUT2D eigenvalue weighted by molar-refractivity contribution is 5.89. The molecule has 14 heavy (non-hydrogen) atoms. The minimum Gasteiger partial charge on any atom is -0.395 e. The van der Waals surface area contributed by atoms with Crippen molar-refractivity contribution in [3.8, 4) is 0 Å². The van der Waals surface area contributed by atoms with Gasteiger partial charge in [-0.15, -0.1) is 0 Å². The lowest BCUT2D eigenvalue weighted by Gasteiger charge is -2.06. The second kappa shape index (κ2) is 5.18. The molecule has 0 aliphatic carbocycles. The maximum Gasteiger partial charge on any atom is 0.319 e. The van der Waals surface area contributed by atoms with Crippen molar-refractivity contribution in [2.24, 2.45) is 0 Å². The topological polar surface area (TPSA) is 61.4 Å². The van der Waals surface area contributed by atoms with Crippen molar-refractivity contribution in [2.45, 2.75) is 0 Å². The third-order valence-corrected chi connectivity index (χ3v) is 1.52. The van der Waals surface area contributed by atoms with Crippen LogP contribution >= 0.6 is 0 Å². The second-order valence-corrected chi connectivity index (χ2v) is 2.58. The molecule has 0 radical (unpaired) electrons. The third kappa shape index (κ3) is 3.02. The number of aliphatic hydroxyl groups excluding tert-OH is 1. The van der Waals surface area contributed by atoms with Gasteiger partial charge in [0.25, 0.3) is 0 Å². The predicted octanol–water partition coefficient (Wildman–Crippen LogP) is 0.939. The summed E-state index contributed by atoms with van der Waals surface area (Å²) in [4.78, 5) is 11.0. The fourth-order valence-electron chi connectivity index (χ4n) is 0.899. The van der Waals surface area contributed by atoms with Crippen molar-refractivity contribution < 1.29 is 14.3 Å². The zero-order valence-corrected chi connectivity index (χ0v) is 7.46. The van der Waals surface area contributed by atoms with Crippen LogP contribution in [0, 0.1) is 5.82 Å². The molecular weight excluding hydrogens is 187 g/mol. The van der Waals surface area contributed by atoms with Gasteiger partial charge in [-0.2, -0.15) is 0 Å². The van der Waals surface area contributed by atoms with Gasteiger partial charge in [-0.25, -0.2) is 9.18 Å². The molecule has 1 aromatic carbocycles. The number of carbonyl (C=O) groups is 1. The number of para-hydroxylation sites is 1. The molecule has 0 spiro atoms. The van der Waals surface area contributed by atoms with Crippen LogP contribution in [-0.2, 0) is 0 Å². The van der Waals surface area contributed by atoms with E-state index < -0.39 is 11.8 Å². The number of benzene rings is 1. The van der Waals surface area contributed by atoms with Gasteiger partial charge in [-0.3, -0.25) is 0 Å². The summed E-state index contributed by atoms with van der Waals surface area (Å²) in [7, 11) is 0. The molecule has 1 aromatic rings. The molecule has 0 saturated carbocycles. The van der Waals surface area contributed by atoms with Crippen LogP contribution in [0.25, 0.3) is 0 Å². The Morgan fingerprint density at radius 3 is 2.79 bits per heavy atom. The van der Waals surface area contributed by atoms with E-state index in [0.717, 1.165) is 0 Å². The molecule has 0 bridgehead atoms. The first-order valence-corrected chi connectivity index (χ1v) is 4.14. The molecule has 4 nitrogen and oxygen atoms in total. The molecule has 5 heteroatoms. The Hall–Kier alpha value is -1.62. The number of anilines is 1. The minimum atomic E-state index is -0.538. The zero-order valence-electron chi connectivity index (χ0n) is 7.46. The van der Waals surface area contributed by atoms with Crippen molar-refractivity contribution in [2.75, 3.05) is 18.5 Å². The Labute approximate surface area is 80.7 Å². The lowest BCUT2D eigenvalue weighted by Crippen LogP contribution is -2.31.